The number of hydrogen-bond acceptors (Lipinski definition) is 3. The molecule has 0 spiro atoms. The second-order valence-electron chi connectivity index (χ2n) is 2.33. The summed E-state index contributed by atoms with van der Waals surface area (Å²) in [5.41, 5.74) is -2.03. The molecule has 3 nitrogen and oxygen atoms in total. The predicted molar refractivity (Wildman–Crippen MR) is 39.3 cm³/mol. The Balaban J connectivity index is 3.44. The van der Waals surface area contributed by atoms with E-state index in [4.69, 9.17) is 5.26 Å². The summed E-state index contributed by atoms with van der Waals surface area (Å²) in [6.07, 6.45) is -2.95. The Bertz CT molecular complexity index is 412. The third kappa shape index (κ3) is 1.71. The number of aromatic nitrogens is 1. The summed E-state index contributed by atoms with van der Waals surface area (Å²) in [6.45, 7) is 0. The first-order chi connectivity index (χ1) is 6.60. The molecular weight excluding hydrogens is 197 g/mol. The molecule has 1 aromatic rings. The summed E-state index contributed by atoms with van der Waals surface area (Å²) in [5.74, 6) is -1.49. The number of rotatable bonds is 2. The normalized spacial score (nSPS) is 9.93. The summed E-state index contributed by atoms with van der Waals surface area (Å²) in [4.78, 5) is 13.1. The van der Waals surface area contributed by atoms with Gasteiger partial charge in [0.25, 0.3) is 6.43 Å². The number of halogens is 3. The summed E-state index contributed by atoms with van der Waals surface area (Å²) in [6, 6.07) is 2.19. The van der Waals surface area contributed by atoms with Gasteiger partial charge in [-0.05, 0) is 6.07 Å². The molecule has 72 valence electrons. The molecule has 1 rings (SSSR count). The Hall–Kier alpha value is -1.90. The van der Waals surface area contributed by atoms with Crippen molar-refractivity contribution >= 4 is 6.29 Å². The molecule has 0 amide bonds. The Kier molecular flexibility index (Phi) is 2.82. The lowest BCUT2D eigenvalue weighted by atomic mass is 10.1. The average Bonchev–Trinajstić information content (AvgIpc) is 2.15. The third-order valence-corrected chi connectivity index (χ3v) is 1.49. The van der Waals surface area contributed by atoms with E-state index in [1.54, 1.807) is 0 Å². The third-order valence-electron chi connectivity index (χ3n) is 1.49. The van der Waals surface area contributed by atoms with Gasteiger partial charge in [0.1, 0.15) is 5.69 Å². The van der Waals surface area contributed by atoms with Gasteiger partial charge in [-0.3, -0.25) is 4.79 Å². The van der Waals surface area contributed by atoms with Gasteiger partial charge in [-0.15, -0.1) is 0 Å². The SMILES string of the molecule is N#Cc1cc(C=O)nc(F)c1C(F)F. The van der Waals surface area contributed by atoms with Gasteiger partial charge in [0.15, 0.2) is 6.29 Å². The Morgan fingerprint density at radius 1 is 1.57 bits per heavy atom. The predicted octanol–water partition coefficient (Wildman–Crippen LogP) is 1.84. The topological polar surface area (TPSA) is 53.8 Å². The van der Waals surface area contributed by atoms with E-state index in [1.165, 1.54) is 6.07 Å². The van der Waals surface area contributed by atoms with Crippen LogP contribution in [0.2, 0.25) is 0 Å². The minimum absolute atomic E-state index is 0.180. The number of nitrogens with zero attached hydrogens (tertiary/aromatic N) is 2. The molecule has 0 fully saturated rings. The van der Waals surface area contributed by atoms with E-state index in [-0.39, 0.29) is 12.0 Å². The first-order valence-electron chi connectivity index (χ1n) is 3.44. The number of alkyl halides is 2. The first kappa shape index (κ1) is 10.2. The van der Waals surface area contributed by atoms with Gasteiger partial charge in [-0.25, -0.2) is 13.8 Å². The van der Waals surface area contributed by atoms with Crippen molar-refractivity contribution in [1.82, 2.24) is 4.98 Å². The average molecular weight is 200 g/mol. The molecule has 14 heavy (non-hydrogen) atoms. The van der Waals surface area contributed by atoms with Crippen molar-refractivity contribution in [3.05, 3.63) is 28.8 Å². The lowest BCUT2D eigenvalue weighted by molar-refractivity contribution is 0.111. The maximum atomic E-state index is 12.8. The largest absolute Gasteiger partial charge is 0.296 e. The molecule has 0 aliphatic heterocycles. The lowest BCUT2D eigenvalue weighted by Gasteiger charge is -2.03. The Morgan fingerprint density at radius 2 is 2.21 bits per heavy atom. The van der Waals surface area contributed by atoms with Crippen LogP contribution in [0.15, 0.2) is 6.07 Å². The van der Waals surface area contributed by atoms with Crippen LogP contribution < -0.4 is 0 Å². The van der Waals surface area contributed by atoms with Crippen molar-refractivity contribution in [2.45, 2.75) is 6.43 Å². The monoisotopic (exact) mass is 200 g/mol. The van der Waals surface area contributed by atoms with Crippen LogP contribution in [0.1, 0.15) is 28.0 Å². The maximum Gasteiger partial charge on any atom is 0.269 e. The standard InChI is InChI=1S/C8H3F3N2O/c9-7(10)6-4(2-12)1-5(3-14)13-8(6)11/h1,3,7H. The molecule has 1 heterocycles. The number of nitriles is 1. The number of carbonyl (C=O) groups is 1. The zero-order chi connectivity index (χ0) is 10.7. The zero-order valence-corrected chi connectivity index (χ0v) is 6.67. The number of pyridine rings is 1. The maximum absolute atomic E-state index is 12.8. The molecule has 0 saturated heterocycles. The highest BCUT2D eigenvalue weighted by Gasteiger charge is 2.20. The molecule has 0 atom stereocenters. The summed E-state index contributed by atoms with van der Waals surface area (Å²) >= 11 is 0. The van der Waals surface area contributed by atoms with Crippen LogP contribution in [0.3, 0.4) is 0 Å². The summed E-state index contributed by atoms with van der Waals surface area (Å²) in [5, 5.41) is 8.42. The molecule has 0 saturated carbocycles. The highest BCUT2D eigenvalue weighted by Crippen LogP contribution is 2.24. The second-order valence-corrected chi connectivity index (χ2v) is 2.33. The summed E-state index contributed by atoms with van der Waals surface area (Å²) < 4.78 is 37.2. The smallest absolute Gasteiger partial charge is 0.269 e. The van der Waals surface area contributed by atoms with Gasteiger partial charge < -0.3 is 0 Å². The van der Waals surface area contributed by atoms with Gasteiger partial charge >= 0.3 is 0 Å². The highest BCUT2D eigenvalue weighted by molar-refractivity contribution is 5.72. The van der Waals surface area contributed by atoms with Gasteiger partial charge in [-0.2, -0.15) is 9.65 Å². The van der Waals surface area contributed by atoms with Crippen LogP contribution in [0.25, 0.3) is 0 Å². The van der Waals surface area contributed by atoms with Crippen molar-refractivity contribution in [2.75, 3.05) is 0 Å². The van der Waals surface area contributed by atoms with Crippen LogP contribution >= 0.6 is 0 Å². The Labute approximate surface area is 76.8 Å². The van der Waals surface area contributed by atoms with Crippen LogP contribution in [0, 0.1) is 17.3 Å². The molecule has 0 unspecified atom stereocenters. The van der Waals surface area contributed by atoms with E-state index in [9.17, 15) is 18.0 Å². The fourth-order valence-corrected chi connectivity index (χ4v) is 0.903. The van der Waals surface area contributed by atoms with Gasteiger partial charge in [-0.1, -0.05) is 0 Å². The fraction of sp³-hybridized carbons (Fsp3) is 0.125. The minimum atomic E-state index is -3.13. The highest BCUT2D eigenvalue weighted by atomic mass is 19.3. The fourth-order valence-electron chi connectivity index (χ4n) is 0.903. The van der Waals surface area contributed by atoms with Gasteiger partial charge in [0, 0.05) is 0 Å². The minimum Gasteiger partial charge on any atom is -0.296 e. The molecule has 0 radical (unpaired) electrons. The van der Waals surface area contributed by atoms with E-state index in [0.717, 1.165) is 6.07 Å². The van der Waals surface area contributed by atoms with Crippen LogP contribution in [-0.2, 0) is 0 Å². The van der Waals surface area contributed by atoms with E-state index < -0.39 is 23.5 Å². The van der Waals surface area contributed by atoms with Crippen LogP contribution in [-0.4, -0.2) is 11.3 Å². The van der Waals surface area contributed by atoms with Gasteiger partial charge in [0.2, 0.25) is 5.95 Å². The molecule has 0 bridgehead atoms. The zero-order valence-electron chi connectivity index (χ0n) is 6.67. The van der Waals surface area contributed by atoms with Crippen LogP contribution in [0.5, 0.6) is 0 Å². The van der Waals surface area contributed by atoms with Gasteiger partial charge in [0.05, 0.1) is 17.2 Å². The van der Waals surface area contributed by atoms with Crippen molar-refractivity contribution in [2.24, 2.45) is 0 Å². The molecule has 0 aromatic carbocycles. The summed E-state index contributed by atoms with van der Waals surface area (Å²) in [7, 11) is 0. The molecule has 0 N–H and O–H groups in total. The van der Waals surface area contributed by atoms with Crippen molar-refractivity contribution < 1.29 is 18.0 Å². The molecular formula is C8H3F3N2O. The second kappa shape index (κ2) is 3.87. The van der Waals surface area contributed by atoms with Crippen molar-refractivity contribution in [3.63, 3.8) is 0 Å². The number of hydrogen-bond donors (Lipinski definition) is 0. The molecule has 0 aliphatic carbocycles. The van der Waals surface area contributed by atoms with E-state index in [2.05, 4.69) is 4.98 Å². The van der Waals surface area contributed by atoms with E-state index in [1.807, 2.05) is 0 Å². The first-order valence-corrected chi connectivity index (χ1v) is 3.44. The molecule has 6 heteroatoms. The number of carbonyl (C=O) groups excluding carboxylic acids is 1. The quantitative estimate of drug-likeness (QED) is 0.540. The number of aldehydes is 1. The van der Waals surface area contributed by atoms with Crippen molar-refractivity contribution in [1.29, 1.82) is 5.26 Å². The lowest BCUT2D eigenvalue weighted by Crippen LogP contribution is -2.02. The van der Waals surface area contributed by atoms with E-state index in [0.29, 0.717) is 0 Å². The molecule has 1 aromatic heterocycles. The van der Waals surface area contributed by atoms with Crippen molar-refractivity contribution in [3.8, 4) is 6.07 Å². The van der Waals surface area contributed by atoms with Crippen LogP contribution in [0.4, 0.5) is 13.2 Å². The Morgan fingerprint density at radius 3 is 2.64 bits per heavy atom. The van der Waals surface area contributed by atoms with E-state index >= 15 is 0 Å². The molecule has 0 aliphatic rings.